The molecule has 1 aromatic carbocycles. The monoisotopic (exact) mass is 382 g/mol. The van der Waals surface area contributed by atoms with E-state index in [2.05, 4.69) is 5.32 Å². The normalized spacial score (nSPS) is 18.3. The predicted octanol–water partition coefficient (Wildman–Crippen LogP) is 2.18. The molecule has 0 spiro atoms. The second-order valence-electron chi connectivity index (χ2n) is 5.65. The minimum Gasteiger partial charge on any atom is -0.338 e. The number of sulfone groups is 1. The van der Waals surface area contributed by atoms with Gasteiger partial charge in [-0.15, -0.1) is 12.4 Å². The molecule has 1 N–H and O–H groups in total. The van der Waals surface area contributed by atoms with Gasteiger partial charge in [0.05, 0.1) is 4.90 Å². The standard InChI is InChI=1S/C15H20F2N2O3S.ClH/c1-18-9-11-3-2-8-19(10-11)14(20)12-4-6-13(7-5-12)23(21,22)15(16)17;/h4-7,11,15,18H,2-3,8-10H2,1H3;1H. The minimum absolute atomic E-state index is 0. The number of amides is 1. The average Bonchev–Trinajstić information content (AvgIpc) is 2.54. The molecule has 1 heterocycles. The Labute approximate surface area is 146 Å². The van der Waals surface area contributed by atoms with Crippen LogP contribution in [0.3, 0.4) is 0 Å². The van der Waals surface area contributed by atoms with Gasteiger partial charge in [0.25, 0.3) is 5.91 Å². The van der Waals surface area contributed by atoms with Crippen LogP contribution in [0, 0.1) is 5.92 Å². The van der Waals surface area contributed by atoms with Crippen molar-refractivity contribution in [3.05, 3.63) is 29.8 Å². The van der Waals surface area contributed by atoms with Crippen molar-refractivity contribution in [3.63, 3.8) is 0 Å². The van der Waals surface area contributed by atoms with E-state index in [-0.39, 0.29) is 18.3 Å². The number of piperidine rings is 1. The molecule has 136 valence electrons. The zero-order valence-electron chi connectivity index (χ0n) is 13.2. The lowest BCUT2D eigenvalue weighted by atomic mass is 9.97. The number of alkyl halides is 2. The first kappa shape index (κ1) is 20.8. The Morgan fingerprint density at radius 2 is 1.96 bits per heavy atom. The van der Waals surface area contributed by atoms with Crippen LogP contribution in [0.25, 0.3) is 0 Å². The highest BCUT2D eigenvalue weighted by molar-refractivity contribution is 7.91. The van der Waals surface area contributed by atoms with E-state index in [1.165, 1.54) is 12.1 Å². The number of hydrogen-bond donors (Lipinski definition) is 1. The molecule has 0 saturated carbocycles. The quantitative estimate of drug-likeness (QED) is 0.847. The van der Waals surface area contributed by atoms with Crippen molar-refractivity contribution in [1.29, 1.82) is 0 Å². The van der Waals surface area contributed by atoms with Crippen LogP contribution in [0.1, 0.15) is 23.2 Å². The average molecular weight is 383 g/mol. The van der Waals surface area contributed by atoms with Gasteiger partial charge < -0.3 is 10.2 Å². The molecule has 1 saturated heterocycles. The number of likely N-dealkylation sites (tertiary alicyclic amines) is 1. The van der Waals surface area contributed by atoms with E-state index in [1.807, 2.05) is 7.05 Å². The van der Waals surface area contributed by atoms with Crippen LogP contribution in [-0.2, 0) is 9.84 Å². The molecule has 5 nitrogen and oxygen atoms in total. The Bertz CT molecular complexity index is 651. The Hall–Kier alpha value is -1.25. The smallest absolute Gasteiger partial charge is 0.338 e. The van der Waals surface area contributed by atoms with E-state index in [4.69, 9.17) is 0 Å². The molecule has 0 aliphatic carbocycles. The molecule has 1 amide bonds. The summed E-state index contributed by atoms with van der Waals surface area (Å²) in [6.45, 7) is 2.11. The summed E-state index contributed by atoms with van der Waals surface area (Å²) in [6, 6.07) is 4.70. The van der Waals surface area contributed by atoms with Crippen molar-refractivity contribution in [2.24, 2.45) is 5.92 Å². The van der Waals surface area contributed by atoms with Gasteiger partial charge in [-0.2, -0.15) is 8.78 Å². The maximum absolute atomic E-state index is 12.5. The summed E-state index contributed by atoms with van der Waals surface area (Å²) >= 11 is 0. The Morgan fingerprint density at radius 3 is 2.50 bits per heavy atom. The fourth-order valence-electron chi connectivity index (χ4n) is 2.78. The number of halogens is 3. The largest absolute Gasteiger partial charge is 0.341 e. The molecule has 1 aliphatic heterocycles. The molecule has 1 aliphatic rings. The molecule has 9 heteroatoms. The van der Waals surface area contributed by atoms with E-state index in [9.17, 15) is 22.0 Å². The first-order chi connectivity index (χ1) is 10.9. The molecule has 24 heavy (non-hydrogen) atoms. The van der Waals surface area contributed by atoms with Crippen molar-refractivity contribution in [2.45, 2.75) is 23.5 Å². The number of nitrogens with zero attached hydrogens (tertiary/aromatic N) is 1. The highest BCUT2D eigenvalue weighted by atomic mass is 35.5. The van der Waals surface area contributed by atoms with E-state index >= 15 is 0 Å². The molecule has 1 unspecified atom stereocenters. The molecule has 2 rings (SSSR count). The number of benzene rings is 1. The van der Waals surface area contributed by atoms with Gasteiger partial charge in [-0.1, -0.05) is 0 Å². The second kappa shape index (κ2) is 8.73. The van der Waals surface area contributed by atoms with Gasteiger partial charge in [0.2, 0.25) is 9.84 Å². The highest BCUT2D eigenvalue weighted by Gasteiger charge is 2.28. The Kier molecular flexibility index (Phi) is 7.56. The second-order valence-corrected chi connectivity index (χ2v) is 7.56. The first-order valence-corrected chi connectivity index (χ1v) is 8.97. The van der Waals surface area contributed by atoms with Gasteiger partial charge >= 0.3 is 5.76 Å². The van der Waals surface area contributed by atoms with E-state index in [0.29, 0.717) is 24.6 Å². The van der Waals surface area contributed by atoms with Crippen molar-refractivity contribution < 1.29 is 22.0 Å². The zero-order valence-corrected chi connectivity index (χ0v) is 14.9. The van der Waals surface area contributed by atoms with Gasteiger partial charge in [-0.25, -0.2) is 8.42 Å². The summed E-state index contributed by atoms with van der Waals surface area (Å²) in [6.07, 6.45) is 1.96. The van der Waals surface area contributed by atoms with Gasteiger partial charge in [0, 0.05) is 18.7 Å². The van der Waals surface area contributed by atoms with Crippen molar-refractivity contribution in [1.82, 2.24) is 10.2 Å². The Morgan fingerprint density at radius 1 is 1.33 bits per heavy atom. The van der Waals surface area contributed by atoms with Gasteiger partial charge in [0.15, 0.2) is 0 Å². The number of hydrogen-bond acceptors (Lipinski definition) is 4. The van der Waals surface area contributed by atoms with Gasteiger partial charge in [0.1, 0.15) is 0 Å². The van der Waals surface area contributed by atoms with E-state index in [0.717, 1.165) is 31.5 Å². The molecule has 0 bridgehead atoms. The topological polar surface area (TPSA) is 66.5 Å². The molecule has 1 fully saturated rings. The molecular formula is C15H21ClF2N2O3S. The van der Waals surface area contributed by atoms with Gasteiger partial charge in [-0.05, 0) is 56.6 Å². The van der Waals surface area contributed by atoms with Crippen molar-refractivity contribution >= 4 is 28.2 Å². The summed E-state index contributed by atoms with van der Waals surface area (Å²) in [5.41, 5.74) is 0.309. The van der Waals surface area contributed by atoms with Crippen molar-refractivity contribution in [2.75, 3.05) is 26.7 Å². The third-order valence-electron chi connectivity index (χ3n) is 3.96. The lowest BCUT2D eigenvalue weighted by Gasteiger charge is -2.32. The summed E-state index contributed by atoms with van der Waals surface area (Å²) < 4.78 is 47.7. The van der Waals surface area contributed by atoms with Crippen LogP contribution in [-0.4, -0.2) is 51.7 Å². The summed E-state index contributed by atoms with van der Waals surface area (Å²) in [5, 5.41) is 3.10. The summed E-state index contributed by atoms with van der Waals surface area (Å²) in [4.78, 5) is 13.7. The van der Waals surface area contributed by atoms with Crippen LogP contribution in [0.2, 0.25) is 0 Å². The zero-order chi connectivity index (χ0) is 17.0. The molecule has 0 aromatic heterocycles. The molecule has 1 atom stereocenters. The fourth-order valence-corrected chi connectivity index (χ4v) is 3.50. The molecule has 1 aromatic rings. The van der Waals surface area contributed by atoms with E-state index in [1.54, 1.807) is 4.90 Å². The van der Waals surface area contributed by atoms with E-state index < -0.39 is 20.5 Å². The minimum atomic E-state index is -4.63. The Balaban J connectivity index is 0.00000288. The van der Waals surface area contributed by atoms with Crippen LogP contribution in [0.5, 0.6) is 0 Å². The van der Waals surface area contributed by atoms with Crippen LogP contribution < -0.4 is 5.32 Å². The number of carbonyl (C=O) groups is 1. The summed E-state index contributed by atoms with van der Waals surface area (Å²) in [7, 11) is -2.76. The van der Waals surface area contributed by atoms with Crippen molar-refractivity contribution in [3.8, 4) is 0 Å². The SMILES string of the molecule is CNCC1CCCN(C(=O)c2ccc(S(=O)(=O)C(F)F)cc2)C1.Cl. The number of nitrogens with one attached hydrogen (secondary N) is 1. The third-order valence-corrected chi connectivity index (χ3v) is 5.36. The molecule has 0 radical (unpaired) electrons. The van der Waals surface area contributed by atoms with Crippen LogP contribution in [0.4, 0.5) is 8.78 Å². The summed E-state index contributed by atoms with van der Waals surface area (Å²) in [5.74, 6) is -3.28. The molecular weight excluding hydrogens is 362 g/mol. The lowest BCUT2D eigenvalue weighted by molar-refractivity contribution is 0.0674. The van der Waals surface area contributed by atoms with Crippen LogP contribution in [0.15, 0.2) is 29.2 Å². The van der Waals surface area contributed by atoms with Crippen LogP contribution >= 0.6 is 12.4 Å². The fraction of sp³-hybridized carbons (Fsp3) is 0.533. The highest BCUT2D eigenvalue weighted by Crippen LogP contribution is 2.21. The first-order valence-electron chi connectivity index (χ1n) is 7.42. The van der Waals surface area contributed by atoms with Gasteiger partial charge in [-0.3, -0.25) is 4.79 Å². The number of carbonyl (C=O) groups excluding carboxylic acids is 1. The number of rotatable bonds is 5. The maximum atomic E-state index is 12.5. The predicted molar refractivity (Wildman–Crippen MR) is 89.4 cm³/mol. The maximum Gasteiger partial charge on any atom is 0.341 e. The third kappa shape index (κ3) is 4.64. The lowest BCUT2D eigenvalue weighted by Crippen LogP contribution is -2.42.